The minimum Gasteiger partial charge on any atom is -0.350 e. The van der Waals surface area contributed by atoms with Crippen molar-refractivity contribution in [3.8, 4) is 0 Å². The van der Waals surface area contributed by atoms with Crippen LogP contribution in [0.25, 0.3) is 0 Å². The Balaban J connectivity index is 1.46. The Morgan fingerprint density at radius 1 is 0.968 bits per heavy atom. The van der Waals surface area contributed by atoms with E-state index in [0.717, 1.165) is 35.2 Å². The van der Waals surface area contributed by atoms with E-state index in [4.69, 9.17) is 0 Å². The van der Waals surface area contributed by atoms with Crippen molar-refractivity contribution in [1.29, 1.82) is 0 Å². The second-order valence-electron chi connectivity index (χ2n) is 12.8. The van der Waals surface area contributed by atoms with Crippen molar-refractivity contribution in [1.82, 2.24) is 10.2 Å². The summed E-state index contributed by atoms with van der Waals surface area (Å²) in [5.74, 6) is 4.55. The van der Waals surface area contributed by atoms with E-state index in [1.165, 1.54) is 57.8 Å². The lowest BCUT2D eigenvalue weighted by Gasteiger charge is -2.61. The van der Waals surface area contributed by atoms with Crippen LogP contribution in [0.5, 0.6) is 0 Å². The predicted molar refractivity (Wildman–Crippen MR) is 130 cm³/mol. The highest BCUT2D eigenvalue weighted by atomic mass is 16.1. The van der Waals surface area contributed by atoms with Gasteiger partial charge in [-0.25, -0.2) is 0 Å². The van der Waals surface area contributed by atoms with Crippen LogP contribution < -0.4 is 5.32 Å². The number of allylic oxidation sites excluding steroid dienone is 1. The van der Waals surface area contributed by atoms with Gasteiger partial charge in [0.15, 0.2) is 0 Å². The zero-order valence-electron chi connectivity index (χ0n) is 21.3. The lowest BCUT2D eigenvalue weighted by Crippen LogP contribution is -2.56. The van der Waals surface area contributed by atoms with E-state index >= 15 is 0 Å². The molecule has 1 amide bonds. The Hall–Kier alpha value is -0.830. The Bertz CT molecular complexity index is 710. The molecule has 4 aliphatic carbocycles. The average molecular weight is 429 g/mol. The van der Waals surface area contributed by atoms with Gasteiger partial charge in [-0.2, -0.15) is 0 Å². The van der Waals surface area contributed by atoms with Crippen LogP contribution in [0.4, 0.5) is 0 Å². The molecule has 4 aliphatic rings. The highest BCUT2D eigenvalue weighted by Gasteiger charge is 2.60. The van der Waals surface area contributed by atoms with Gasteiger partial charge >= 0.3 is 0 Å². The molecule has 0 spiro atoms. The molecule has 0 aliphatic heterocycles. The van der Waals surface area contributed by atoms with E-state index in [-0.39, 0.29) is 5.91 Å². The number of fused-ring (bicyclic) bond motifs is 5. The molecule has 9 atom stereocenters. The normalized spacial score (nSPS) is 45.3. The zero-order valence-corrected chi connectivity index (χ0v) is 21.3. The van der Waals surface area contributed by atoms with Crippen LogP contribution in [0.15, 0.2) is 11.6 Å². The summed E-state index contributed by atoms with van der Waals surface area (Å²) < 4.78 is 0. The zero-order chi connectivity index (χ0) is 22.6. The second-order valence-corrected chi connectivity index (χ2v) is 12.8. The van der Waals surface area contributed by atoms with Crippen LogP contribution in [0.1, 0.15) is 92.4 Å². The largest absolute Gasteiger partial charge is 0.350 e. The molecule has 0 radical (unpaired) electrons. The first-order valence-electron chi connectivity index (χ1n) is 13.2. The number of amides is 1. The van der Waals surface area contributed by atoms with Gasteiger partial charge in [0.1, 0.15) is 0 Å². The standard InChI is InChI=1S/C28H48N2O/c1-18(2)16-26(31)29-21-12-14-27(4)20(17-21)8-9-22-24-11-10-23(19(3)30(6)7)28(24,5)15-13-25(22)27/h16,19-25H,8-15,17H2,1-7H3,(H,29,31)/t19?,20?,21-,22?,23?,24?,25?,27-,28+/m0/s1. The lowest BCUT2D eigenvalue weighted by atomic mass is 9.44. The summed E-state index contributed by atoms with van der Waals surface area (Å²) >= 11 is 0. The number of hydrogen-bond acceptors (Lipinski definition) is 2. The Morgan fingerprint density at radius 3 is 2.32 bits per heavy atom. The number of carbonyl (C=O) groups is 1. The maximum atomic E-state index is 12.3. The molecule has 0 aromatic heterocycles. The smallest absolute Gasteiger partial charge is 0.244 e. The number of carbonyl (C=O) groups excluding carboxylic acids is 1. The van der Waals surface area contributed by atoms with E-state index in [1.54, 1.807) is 6.08 Å². The van der Waals surface area contributed by atoms with Crippen molar-refractivity contribution in [2.24, 2.45) is 40.4 Å². The van der Waals surface area contributed by atoms with Crippen LogP contribution in [0, 0.1) is 40.4 Å². The number of rotatable bonds is 4. The third-order valence-corrected chi connectivity index (χ3v) is 10.9. The van der Waals surface area contributed by atoms with Crippen molar-refractivity contribution in [2.75, 3.05) is 14.1 Å². The van der Waals surface area contributed by atoms with E-state index in [2.05, 4.69) is 45.1 Å². The highest BCUT2D eigenvalue weighted by molar-refractivity contribution is 5.88. The molecule has 0 aromatic rings. The maximum absolute atomic E-state index is 12.3. The monoisotopic (exact) mass is 428 g/mol. The van der Waals surface area contributed by atoms with Gasteiger partial charge in [-0.1, -0.05) is 19.4 Å². The molecular weight excluding hydrogens is 380 g/mol. The van der Waals surface area contributed by atoms with Crippen molar-refractivity contribution in [2.45, 2.75) is 104 Å². The molecule has 0 bridgehead atoms. The van der Waals surface area contributed by atoms with Gasteiger partial charge in [0.2, 0.25) is 5.91 Å². The summed E-state index contributed by atoms with van der Waals surface area (Å²) in [4.78, 5) is 14.8. The molecule has 0 saturated heterocycles. The fourth-order valence-corrected chi connectivity index (χ4v) is 9.09. The van der Waals surface area contributed by atoms with Crippen LogP contribution >= 0.6 is 0 Å². The topological polar surface area (TPSA) is 32.3 Å². The first-order chi connectivity index (χ1) is 14.6. The minimum atomic E-state index is 0.114. The fraction of sp³-hybridized carbons (Fsp3) is 0.893. The molecule has 3 heteroatoms. The van der Waals surface area contributed by atoms with E-state index in [1.807, 2.05) is 13.8 Å². The SMILES string of the molecule is CC(C)=CC(=O)N[C@H]1CC[C@@]2(C)C(CCC3C4CCC(C(C)N(C)C)[C@@]4(C)CCC32)C1. The molecule has 4 rings (SSSR count). The Morgan fingerprint density at radius 2 is 1.65 bits per heavy atom. The quantitative estimate of drug-likeness (QED) is 0.553. The van der Waals surface area contributed by atoms with Gasteiger partial charge in [0, 0.05) is 18.2 Å². The van der Waals surface area contributed by atoms with E-state index in [0.29, 0.717) is 22.9 Å². The van der Waals surface area contributed by atoms with Gasteiger partial charge < -0.3 is 10.2 Å². The molecule has 3 nitrogen and oxygen atoms in total. The summed E-state index contributed by atoms with van der Waals surface area (Å²) in [6.45, 7) is 11.8. The van der Waals surface area contributed by atoms with Crippen LogP contribution in [-0.4, -0.2) is 37.0 Å². The van der Waals surface area contributed by atoms with Crippen LogP contribution in [0.2, 0.25) is 0 Å². The summed E-state index contributed by atoms with van der Waals surface area (Å²) in [5, 5.41) is 3.32. The van der Waals surface area contributed by atoms with Crippen LogP contribution in [-0.2, 0) is 4.79 Å². The molecule has 4 saturated carbocycles. The average Bonchev–Trinajstić information content (AvgIpc) is 3.04. The number of nitrogens with one attached hydrogen (secondary N) is 1. The van der Waals surface area contributed by atoms with Gasteiger partial charge in [-0.3, -0.25) is 4.79 Å². The summed E-state index contributed by atoms with van der Waals surface area (Å²) in [7, 11) is 4.54. The van der Waals surface area contributed by atoms with Gasteiger partial charge in [-0.15, -0.1) is 0 Å². The van der Waals surface area contributed by atoms with Crippen molar-refractivity contribution in [3.63, 3.8) is 0 Å². The molecule has 6 unspecified atom stereocenters. The third kappa shape index (κ3) is 4.02. The molecule has 0 heterocycles. The second kappa shape index (κ2) is 8.50. The van der Waals surface area contributed by atoms with Gasteiger partial charge in [-0.05, 0) is 133 Å². The van der Waals surface area contributed by atoms with Crippen LogP contribution in [0.3, 0.4) is 0 Å². The van der Waals surface area contributed by atoms with E-state index < -0.39 is 0 Å². The predicted octanol–water partition coefficient (Wildman–Crippen LogP) is 6.05. The minimum absolute atomic E-state index is 0.114. The molecule has 31 heavy (non-hydrogen) atoms. The van der Waals surface area contributed by atoms with E-state index in [9.17, 15) is 4.79 Å². The number of hydrogen-bond donors (Lipinski definition) is 1. The van der Waals surface area contributed by atoms with Crippen molar-refractivity contribution < 1.29 is 4.79 Å². The molecule has 1 N–H and O–H groups in total. The van der Waals surface area contributed by atoms with Crippen molar-refractivity contribution in [3.05, 3.63) is 11.6 Å². The summed E-state index contributed by atoms with van der Waals surface area (Å²) in [5.41, 5.74) is 2.12. The molecule has 0 aromatic carbocycles. The summed E-state index contributed by atoms with van der Waals surface area (Å²) in [6.07, 6.45) is 14.0. The van der Waals surface area contributed by atoms with Gasteiger partial charge in [0.25, 0.3) is 0 Å². The van der Waals surface area contributed by atoms with Gasteiger partial charge in [0.05, 0.1) is 0 Å². The fourth-order valence-electron chi connectivity index (χ4n) is 9.09. The lowest BCUT2D eigenvalue weighted by molar-refractivity contribution is -0.125. The highest BCUT2D eigenvalue weighted by Crippen LogP contribution is 2.67. The van der Waals surface area contributed by atoms with Crippen molar-refractivity contribution >= 4 is 5.91 Å². The molecule has 176 valence electrons. The first kappa shape index (κ1) is 23.3. The summed E-state index contributed by atoms with van der Waals surface area (Å²) in [6, 6.07) is 1.07. The Labute approximate surface area is 191 Å². The maximum Gasteiger partial charge on any atom is 0.244 e. The third-order valence-electron chi connectivity index (χ3n) is 10.9. The Kier molecular flexibility index (Phi) is 6.40. The molecule has 4 fully saturated rings. The first-order valence-corrected chi connectivity index (χ1v) is 13.2. The molecular formula is C28H48N2O. The number of nitrogens with zero attached hydrogens (tertiary/aromatic N) is 1.